The zero-order valence-electron chi connectivity index (χ0n) is 8.07. The second-order valence-corrected chi connectivity index (χ2v) is 3.14. The number of hydrogen-bond acceptors (Lipinski definition) is 1. The van der Waals surface area contributed by atoms with E-state index >= 15 is 0 Å². The molecule has 1 N–H and O–H groups in total. The van der Waals surface area contributed by atoms with Crippen molar-refractivity contribution in [3.8, 4) is 0 Å². The monoisotopic (exact) mass is 190 g/mol. The van der Waals surface area contributed by atoms with Crippen molar-refractivity contribution in [2.75, 3.05) is 0 Å². The Hall–Kier alpha value is -1.57. The molecule has 1 rings (SSSR count). The Labute approximate surface area is 83.9 Å². The van der Waals surface area contributed by atoms with Gasteiger partial charge in [-0.2, -0.15) is 0 Å². The molecule has 0 radical (unpaired) electrons. The molecule has 0 unspecified atom stereocenters. The van der Waals surface area contributed by atoms with Crippen molar-refractivity contribution < 1.29 is 9.90 Å². The van der Waals surface area contributed by atoms with Crippen LogP contribution in [0.5, 0.6) is 0 Å². The minimum atomic E-state index is -0.848. The second kappa shape index (κ2) is 5.22. The van der Waals surface area contributed by atoms with Crippen molar-refractivity contribution in [2.24, 2.45) is 0 Å². The topological polar surface area (TPSA) is 37.3 Å². The Morgan fingerprint density at radius 2 is 2.14 bits per heavy atom. The molecular formula is C12H14O2. The highest BCUT2D eigenvalue weighted by molar-refractivity contribution is 5.89. The van der Waals surface area contributed by atoms with E-state index in [1.54, 1.807) is 12.1 Å². The first-order valence-corrected chi connectivity index (χ1v) is 4.68. The summed E-state index contributed by atoms with van der Waals surface area (Å²) in [7, 11) is 0. The maximum absolute atomic E-state index is 10.8. The molecule has 0 aliphatic carbocycles. The minimum absolute atomic E-state index is 0.413. The first kappa shape index (κ1) is 10.5. The third-order valence-corrected chi connectivity index (χ3v) is 2.10. The largest absolute Gasteiger partial charge is 0.478 e. The highest BCUT2D eigenvalue weighted by Crippen LogP contribution is 2.12. The van der Waals surface area contributed by atoms with Gasteiger partial charge in [-0.1, -0.05) is 24.3 Å². The van der Waals surface area contributed by atoms with Crippen molar-refractivity contribution in [3.05, 3.63) is 48.0 Å². The first-order valence-electron chi connectivity index (χ1n) is 4.68. The van der Waals surface area contributed by atoms with Crippen molar-refractivity contribution >= 4 is 5.97 Å². The van der Waals surface area contributed by atoms with Gasteiger partial charge in [0.25, 0.3) is 0 Å². The normalized spacial score (nSPS) is 9.71. The fourth-order valence-electron chi connectivity index (χ4n) is 1.38. The Kier molecular flexibility index (Phi) is 3.92. The number of allylic oxidation sites excluding steroid dienone is 1. The van der Waals surface area contributed by atoms with Crippen LogP contribution >= 0.6 is 0 Å². The first-order chi connectivity index (χ1) is 6.75. The summed E-state index contributed by atoms with van der Waals surface area (Å²) in [6, 6.07) is 7.13. The number of rotatable bonds is 5. The van der Waals surface area contributed by atoms with Gasteiger partial charge in [0.15, 0.2) is 0 Å². The van der Waals surface area contributed by atoms with Gasteiger partial charge in [0.05, 0.1) is 5.56 Å². The van der Waals surface area contributed by atoms with Crippen molar-refractivity contribution in [2.45, 2.75) is 19.3 Å². The summed E-state index contributed by atoms with van der Waals surface area (Å²) >= 11 is 0. The summed E-state index contributed by atoms with van der Waals surface area (Å²) < 4.78 is 0. The van der Waals surface area contributed by atoms with Crippen molar-refractivity contribution in [3.63, 3.8) is 0 Å². The second-order valence-electron chi connectivity index (χ2n) is 3.14. The number of aryl methyl sites for hydroxylation is 1. The molecule has 0 bridgehead atoms. The summed E-state index contributed by atoms with van der Waals surface area (Å²) in [5.74, 6) is -0.848. The molecule has 0 amide bonds. The maximum Gasteiger partial charge on any atom is 0.335 e. The number of carboxylic acid groups (broad SMARTS) is 1. The molecule has 1 aromatic rings. The number of aromatic carboxylic acids is 1. The zero-order chi connectivity index (χ0) is 10.4. The van der Waals surface area contributed by atoms with Gasteiger partial charge in [-0.25, -0.2) is 4.79 Å². The standard InChI is InChI=1S/C12H14O2/c1-2-3-4-7-10-8-5-6-9-11(10)12(13)14/h2,5-6,8-9H,1,3-4,7H2,(H,13,14). The van der Waals surface area contributed by atoms with Crippen LogP contribution in [0.1, 0.15) is 28.8 Å². The van der Waals surface area contributed by atoms with Gasteiger partial charge in [0.1, 0.15) is 0 Å². The SMILES string of the molecule is C=CCCCc1ccccc1C(=O)O. The number of unbranched alkanes of at least 4 members (excludes halogenated alkanes) is 1. The van der Waals surface area contributed by atoms with E-state index in [4.69, 9.17) is 5.11 Å². The van der Waals surface area contributed by atoms with Gasteiger partial charge < -0.3 is 5.11 Å². The summed E-state index contributed by atoms with van der Waals surface area (Å²) in [5.41, 5.74) is 1.32. The van der Waals surface area contributed by atoms with Crippen LogP contribution in [-0.4, -0.2) is 11.1 Å². The average Bonchev–Trinajstić information content (AvgIpc) is 2.19. The molecule has 0 atom stereocenters. The molecule has 0 saturated heterocycles. The van der Waals surface area contributed by atoms with Gasteiger partial charge in [-0.15, -0.1) is 6.58 Å². The molecule has 0 heterocycles. The van der Waals surface area contributed by atoms with E-state index in [1.807, 2.05) is 18.2 Å². The maximum atomic E-state index is 10.8. The number of carbonyl (C=O) groups is 1. The van der Waals surface area contributed by atoms with Crippen LogP contribution in [0.2, 0.25) is 0 Å². The van der Waals surface area contributed by atoms with E-state index in [-0.39, 0.29) is 0 Å². The lowest BCUT2D eigenvalue weighted by atomic mass is 10.0. The van der Waals surface area contributed by atoms with E-state index in [2.05, 4.69) is 6.58 Å². The van der Waals surface area contributed by atoms with Crippen molar-refractivity contribution in [1.29, 1.82) is 0 Å². The highest BCUT2D eigenvalue weighted by Gasteiger charge is 2.07. The summed E-state index contributed by atoms with van der Waals surface area (Å²) in [6.45, 7) is 3.63. The lowest BCUT2D eigenvalue weighted by Gasteiger charge is -2.03. The molecule has 14 heavy (non-hydrogen) atoms. The lowest BCUT2D eigenvalue weighted by molar-refractivity contribution is 0.0695. The molecule has 2 heteroatoms. The summed E-state index contributed by atoms with van der Waals surface area (Å²) in [5, 5.41) is 8.90. The van der Waals surface area contributed by atoms with Crippen LogP contribution in [0.15, 0.2) is 36.9 Å². The molecule has 74 valence electrons. The Balaban J connectivity index is 2.74. The van der Waals surface area contributed by atoms with Crippen LogP contribution < -0.4 is 0 Å². The van der Waals surface area contributed by atoms with E-state index < -0.39 is 5.97 Å². The molecular weight excluding hydrogens is 176 g/mol. The van der Waals surface area contributed by atoms with Gasteiger partial charge in [-0.3, -0.25) is 0 Å². The number of hydrogen-bond donors (Lipinski definition) is 1. The fraction of sp³-hybridized carbons (Fsp3) is 0.250. The predicted octanol–water partition coefficient (Wildman–Crippen LogP) is 2.89. The summed E-state index contributed by atoms with van der Waals surface area (Å²) in [4.78, 5) is 10.8. The van der Waals surface area contributed by atoms with Gasteiger partial charge in [0.2, 0.25) is 0 Å². The number of benzene rings is 1. The number of carboxylic acids is 1. The minimum Gasteiger partial charge on any atom is -0.478 e. The quantitative estimate of drug-likeness (QED) is 0.572. The van der Waals surface area contributed by atoms with Gasteiger partial charge >= 0.3 is 5.97 Å². The third-order valence-electron chi connectivity index (χ3n) is 2.10. The molecule has 0 aromatic heterocycles. The molecule has 0 saturated carbocycles. The lowest BCUT2D eigenvalue weighted by Crippen LogP contribution is -2.01. The van der Waals surface area contributed by atoms with Crippen molar-refractivity contribution in [1.82, 2.24) is 0 Å². The predicted molar refractivity (Wildman–Crippen MR) is 56.5 cm³/mol. The van der Waals surface area contributed by atoms with Gasteiger partial charge in [-0.05, 0) is 30.9 Å². The van der Waals surface area contributed by atoms with E-state index in [9.17, 15) is 4.79 Å². The third kappa shape index (κ3) is 2.73. The van der Waals surface area contributed by atoms with Crippen LogP contribution in [0.25, 0.3) is 0 Å². The molecule has 0 aliphatic heterocycles. The smallest absolute Gasteiger partial charge is 0.335 e. The van der Waals surface area contributed by atoms with E-state index in [0.717, 1.165) is 24.8 Å². The molecule has 0 fully saturated rings. The Morgan fingerprint density at radius 1 is 1.43 bits per heavy atom. The van der Waals surface area contributed by atoms with Crippen LogP contribution in [0, 0.1) is 0 Å². The van der Waals surface area contributed by atoms with E-state index in [0.29, 0.717) is 5.56 Å². The Bertz CT molecular complexity index is 329. The molecule has 0 aliphatic rings. The molecule has 1 aromatic carbocycles. The molecule has 2 nitrogen and oxygen atoms in total. The highest BCUT2D eigenvalue weighted by atomic mass is 16.4. The van der Waals surface area contributed by atoms with E-state index in [1.165, 1.54) is 0 Å². The summed E-state index contributed by atoms with van der Waals surface area (Å²) in [6.07, 6.45) is 4.53. The van der Waals surface area contributed by atoms with Crippen LogP contribution in [0.3, 0.4) is 0 Å². The van der Waals surface area contributed by atoms with Crippen LogP contribution in [-0.2, 0) is 6.42 Å². The molecule has 0 spiro atoms. The Morgan fingerprint density at radius 3 is 2.79 bits per heavy atom. The van der Waals surface area contributed by atoms with Gasteiger partial charge in [0, 0.05) is 0 Å². The fourth-order valence-corrected chi connectivity index (χ4v) is 1.38. The van der Waals surface area contributed by atoms with Crippen LogP contribution in [0.4, 0.5) is 0 Å². The zero-order valence-corrected chi connectivity index (χ0v) is 8.07. The average molecular weight is 190 g/mol.